The number of aromatic nitrogens is 3. The summed E-state index contributed by atoms with van der Waals surface area (Å²) in [6, 6.07) is 5.89. The first kappa shape index (κ1) is 17.3. The van der Waals surface area contributed by atoms with Crippen LogP contribution in [0, 0.1) is 12.8 Å². The first-order valence-corrected chi connectivity index (χ1v) is 8.60. The van der Waals surface area contributed by atoms with Crippen LogP contribution in [0.25, 0.3) is 0 Å². The lowest BCUT2D eigenvalue weighted by molar-refractivity contribution is -0.119. The molecular formula is C18H24N6O. The van der Waals surface area contributed by atoms with Gasteiger partial charge in [0.1, 0.15) is 18.0 Å². The number of carbonyl (C=O) groups is 1. The Labute approximate surface area is 147 Å². The Kier molecular flexibility index (Phi) is 5.55. The van der Waals surface area contributed by atoms with E-state index in [0.717, 1.165) is 55.2 Å². The lowest BCUT2D eigenvalue weighted by Gasteiger charge is -2.31. The molecule has 0 radical (unpaired) electrons. The predicted molar refractivity (Wildman–Crippen MR) is 96.4 cm³/mol. The number of carbonyl (C=O) groups excluding carboxylic acids is 1. The molecule has 1 aliphatic heterocycles. The van der Waals surface area contributed by atoms with Crippen molar-refractivity contribution in [2.45, 2.75) is 26.2 Å². The first-order chi connectivity index (χ1) is 12.1. The zero-order chi connectivity index (χ0) is 17.6. The van der Waals surface area contributed by atoms with E-state index < -0.39 is 0 Å². The number of nitrogens with one attached hydrogen (secondary N) is 1. The van der Waals surface area contributed by atoms with Crippen LogP contribution in [0.4, 0.5) is 11.6 Å². The fourth-order valence-corrected chi connectivity index (χ4v) is 3.29. The number of hydrogen-bond acceptors (Lipinski definition) is 6. The van der Waals surface area contributed by atoms with Gasteiger partial charge in [-0.3, -0.25) is 9.69 Å². The highest BCUT2D eigenvalue weighted by molar-refractivity contribution is 5.75. The monoisotopic (exact) mass is 340 g/mol. The fraction of sp³-hybridized carbons (Fsp3) is 0.444. The van der Waals surface area contributed by atoms with Crippen LogP contribution in [0.5, 0.6) is 0 Å². The number of likely N-dealkylation sites (tertiary alicyclic amines) is 1. The molecule has 132 valence electrons. The average molecular weight is 340 g/mol. The van der Waals surface area contributed by atoms with Crippen LogP contribution in [-0.4, -0.2) is 45.4 Å². The third-order valence-electron chi connectivity index (χ3n) is 4.46. The number of aryl methyl sites for hydroxylation is 1. The van der Waals surface area contributed by atoms with Crippen molar-refractivity contribution in [2.75, 3.05) is 25.0 Å². The van der Waals surface area contributed by atoms with Crippen molar-refractivity contribution in [2.24, 2.45) is 11.7 Å². The SMILES string of the molecule is Cc1cccnc1Nc1cc(C[C@@H]2CCCN(CC(N)=O)C2)ncn1. The topological polar surface area (TPSA) is 97.0 Å². The highest BCUT2D eigenvalue weighted by atomic mass is 16.1. The van der Waals surface area contributed by atoms with Gasteiger partial charge in [-0.1, -0.05) is 6.07 Å². The third-order valence-corrected chi connectivity index (χ3v) is 4.46. The molecular weight excluding hydrogens is 316 g/mol. The number of nitrogens with zero attached hydrogens (tertiary/aromatic N) is 4. The van der Waals surface area contributed by atoms with Crippen LogP contribution in [-0.2, 0) is 11.2 Å². The minimum absolute atomic E-state index is 0.264. The predicted octanol–water partition coefficient (Wildman–Crippen LogP) is 1.66. The zero-order valence-corrected chi connectivity index (χ0v) is 14.5. The third kappa shape index (κ3) is 4.96. The molecule has 7 nitrogen and oxygen atoms in total. The van der Waals surface area contributed by atoms with Gasteiger partial charge in [0.25, 0.3) is 0 Å². The zero-order valence-electron chi connectivity index (χ0n) is 14.5. The molecule has 3 heterocycles. The summed E-state index contributed by atoms with van der Waals surface area (Å²) in [5.74, 6) is 1.77. The van der Waals surface area contributed by atoms with Gasteiger partial charge >= 0.3 is 0 Å². The van der Waals surface area contributed by atoms with Crippen molar-refractivity contribution in [3.05, 3.63) is 42.0 Å². The summed E-state index contributed by atoms with van der Waals surface area (Å²) in [6.07, 6.45) is 6.43. The summed E-state index contributed by atoms with van der Waals surface area (Å²) in [5.41, 5.74) is 7.38. The van der Waals surface area contributed by atoms with Crippen LogP contribution in [0.3, 0.4) is 0 Å². The second-order valence-corrected chi connectivity index (χ2v) is 6.60. The van der Waals surface area contributed by atoms with Crippen molar-refractivity contribution in [3.63, 3.8) is 0 Å². The molecule has 1 atom stereocenters. The highest BCUT2D eigenvalue weighted by Crippen LogP contribution is 2.21. The Morgan fingerprint density at radius 1 is 1.40 bits per heavy atom. The molecule has 7 heteroatoms. The van der Waals surface area contributed by atoms with Crippen LogP contribution < -0.4 is 11.1 Å². The summed E-state index contributed by atoms with van der Waals surface area (Å²) in [4.78, 5) is 26.3. The average Bonchev–Trinajstić information content (AvgIpc) is 2.57. The summed E-state index contributed by atoms with van der Waals surface area (Å²) >= 11 is 0. The fourth-order valence-electron chi connectivity index (χ4n) is 3.29. The quantitative estimate of drug-likeness (QED) is 0.830. The standard InChI is InChI=1S/C18H24N6O/c1-13-4-2-6-20-18(13)23-17-9-15(21-12-22-17)8-14-5-3-7-24(10-14)11-16(19)25/h2,4,6,9,12,14H,3,5,7-8,10-11H2,1H3,(H2,19,25)(H,20,21,22,23)/t14-/m0/s1. The van der Waals surface area contributed by atoms with E-state index >= 15 is 0 Å². The van der Waals surface area contributed by atoms with E-state index in [2.05, 4.69) is 25.2 Å². The van der Waals surface area contributed by atoms with E-state index in [4.69, 9.17) is 5.73 Å². The number of anilines is 2. The minimum Gasteiger partial charge on any atom is -0.369 e. The van der Waals surface area contributed by atoms with Crippen molar-refractivity contribution in [3.8, 4) is 0 Å². The normalized spacial score (nSPS) is 18.0. The second kappa shape index (κ2) is 8.02. The van der Waals surface area contributed by atoms with E-state index in [9.17, 15) is 4.79 Å². The Morgan fingerprint density at radius 3 is 3.08 bits per heavy atom. The maximum Gasteiger partial charge on any atom is 0.231 e. The van der Waals surface area contributed by atoms with E-state index in [-0.39, 0.29) is 5.91 Å². The van der Waals surface area contributed by atoms with E-state index in [0.29, 0.717) is 12.5 Å². The molecule has 0 aromatic carbocycles. The number of rotatable bonds is 6. The smallest absolute Gasteiger partial charge is 0.231 e. The Morgan fingerprint density at radius 2 is 2.28 bits per heavy atom. The van der Waals surface area contributed by atoms with Crippen molar-refractivity contribution < 1.29 is 4.79 Å². The number of pyridine rings is 1. The molecule has 0 spiro atoms. The van der Waals surface area contributed by atoms with Gasteiger partial charge in [-0.25, -0.2) is 15.0 Å². The van der Waals surface area contributed by atoms with Gasteiger partial charge < -0.3 is 11.1 Å². The summed E-state index contributed by atoms with van der Waals surface area (Å²) in [6.45, 7) is 4.17. The maximum absolute atomic E-state index is 11.1. The van der Waals surface area contributed by atoms with Crippen LogP contribution >= 0.6 is 0 Å². The molecule has 0 unspecified atom stereocenters. The number of primary amides is 1. The number of amides is 1. The van der Waals surface area contributed by atoms with Gasteiger partial charge in [0.2, 0.25) is 5.91 Å². The van der Waals surface area contributed by atoms with Gasteiger partial charge in [-0.2, -0.15) is 0 Å². The molecule has 2 aromatic rings. The highest BCUT2D eigenvalue weighted by Gasteiger charge is 2.21. The number of piperidine rings is 1. The summed E-state index contributed by atoms with van der Waals surface area (Å²) in [5, 5.41) is 3.25. The number of nitrogens with two attached hydrogens (primary N) is 1. The Balaban J connectivity index is 1.63. The molecule has 1 amide bonds. The lowest BCUT2D eigenvalue weighted by atomic mass is 9.93. The second-order valence-electron chi connectivity index (χ2n) is 6.60. The molecule has 0 bridgehead atoms. The molecule has 3 N–H and O–H groups in total. The largest absolute Gasteiger partial charge is 0.369 e. The molecule has 1 aliphatic rings. The van der Waals surface area contributed by atoms with E-state index in [1.54, 1.807) is 12.5 Å². The van der Waals surface area contributed by atoms with Crippen LogP contribution in [0.15, 0.2) is 30.7 Å². The lowest BCUT2D eigenvalue weighted by Crippen LogP contribution is -2.41. The molecule has 2 aromatic heterocycles. The summed E-state index contributed by atoms with van der Waals surface area (Å²) < 4.78 is 0. The van der Waals surface area contributed by atoms with E-state index in [1.807, 2.05) is 25.1 Å². The van der Waals surface area contributed by atoms with Gasteiger partial charge in [0.15, 0.2) is 0 Å². The van der Waals surface area contributed by atoms with Gasteiger partial charge in [-0.15, -0.1) is 0 Å². The molecule has 3 rings (SSSR count). The van der Waals surface area contributed by atoms with Crippen molar-refractivity contribution in [1.29, 1.82) is 0 Å². The Hall–Kier alpha value is -2.54. The van der Waals surface area contributed by atoms with Gasteiger partial charge in [0, 0.05) is 24.5 Å². The Bertz CT molecular complexity index is 735. The molecule has 0 saturated carbocycles. The molecule has 0 aliphatic carbocycles. The first-order valence-electron chi connectivity index (χ1n) is 8.60. The molecule has 1 fully saturated rings. The van der Waals surface area contributed by atoms with Crippen molar-refractivity contribution >= 4 is 17.5 Å². The van der Waals surface area contributed by atoms with Crippen molar-refractivity contribution in [1.82, 2.24) is 19.9 Å². The summed E-state index contributed by atoms with van der Waals surface area (Å²) in [7, 11) is 0. The van der Waals surface area contributed by atoms with Crippen LogP contribution in [0.1, 0.15) is 24.1 Å². The maximum atomic E-state index is 11.1. The van der Waals surface area contributed by atoms with Crippen LogP contribution in [0.2, 0.25) is 0 Å². The number of hydrogen-bond donors (Lipinski definition) is 2. The van der Waals surface area contributed by atoms with E-state index in [1.165, 1.54) is 0 Å². The minimum atomic E-state index is -0.264. The van der Waals surface area contributed by atoms with Gasteiger partial charge in [0.05, 0.1) is 6.54 Å². The molecule has 25 heavy (non-hydrogen) atoms. The molecule has 1 saturated heterocycles. The van der Waals surface area contributed by atoms with Gasteiger partial charge in [-0.05, 0) is 50.3 Å².